The Balaban J connectivity index is 2.01. The van der Waals surface area contributed by atoms with Crippen LogP contribution in [0.15, 0.2) is 18.2 Å². The number of rotatable bonds is 5. The van der Waals surface area contributed by atoms with E-state index in [-0.39, 0.29) is 18.0 Å². The highest BCUT2D eigenvalue weighted by molar-refractivity contribution is 5.36. The van der Waals surface area contributed by atoms with Gasteiger partial charge in [-0.25, -0.2) is 4.39 Å². The van der Waals surface area contributed by atoms with Gasteiger partial charge in [-0.05, 0) is 31.9 Å². The van der Waals surface area contributed by atoms with E-state index >= 15 is 0 Å². The SMILES string of the molecule is COc1cccc(F)c1C(C)NCC1CCCO1. The molecule has 1 N–H and O–H groups in total. The van der Waals surface area contributed by atoms with Crippen LogP contribution in [0.3, 0.4) is 0 Å². The van der Waals surface area contributed by atoms with Gasteiger partial charge in [-0.2, -0.15) is 0 Å². The predicted octanol–water partition coefficient (Wildman–Crippen LogP) is 2.66. The van der Waals surface area contributed by atoms with Crippen molar-refractivity contribution in [2.45, 2.75) is 31.9 Å². The van der Waals surface area contributed by atoms with Gasteiger partial charge < -0.3 is 14.8 Å². The van der Waals surface area contributed by atoms with Crippen molar-refractivity contribution < 1.29 is 13.9 Å². The second-order valence-corrected chi connectivity index (χ2v) is 4.62. The van der Waals surface area contributed by atoms with E-state index in [4.69, 9.17) is 9.47 Å². The number of benzene rings is 1. The van der Waals surface area contributed by atoms with Crippen LogP contribution in [-0.4, -0.2) is 26.4 Å². The van der Waals surface area contributed by atoms with Crippen LogP contribution in [-0.2, 0) is 4.74 Å². The molecule has 3 nitrogen and oxygen atoms in total. The van der Waals surface area contributed by atoms with Gasteiger partial charge in [0.2, 0.25) is 0 Å². The van der Waals surface area contributed by atoms with Gasteiger partial charge in [-0.1, -0.05) is 6.07 Å². The molecule has 0 spiro atoms. The van der Waals surface area contributed by atoms with E-state index in [1.54, 1.807) is 19.2 Å². The molecule has 1 saturated heterocycles. The monoisotopic (exact) mass is 253 g/mol. The van der Waals surface area contributed by atoms with Gasteiger partial charge >= 0.3 is 0 Å². The number of ether oxygens (including phenoxy) is 2. The minimum Gasteiger partial charge on any atom is -0.496 e. The molecule has 4 heteroatoms. The summed E-state index contributed by atoms with van der Waals surface area (Å²) < 4.78 is 24.6. The van der Waals surface area contributed by atoms with Gasteiger partial charge in [0.25, 0.3) is 0 Å². The van der Waals surface area contributed by atoms with Crippen LogP contribution in [0.5, 0.6) is 5.75 Å². The third-order valence-electron chi connectivity index (χ3n) is 3.34. The minimum atomic E-state index is -0.235. The van der Waals surface area contributed by atoms with Crippen LogP contribution in [0, 0.1) is 5.82 Å². The molecule has 18 heavy (non-hydrogen) atoms. The molecule has 1 heterocycles. The summed E-state index contributed by atoms with van der Waals surface area (Å²) >= 11 is 0. The molecule has 0 aromatic heterocycles. The Morgan fingerprint density at radius 1 is 1.56 bits per heavy atom. The van der Waals surface area contributed by atoms with Gasteiger partial charge in [0.15, 0.2) is 0 Å². The molecule has 1 aromatic rings. The van der Waals surface area contributed by atoms with Crippen molar-refractivity contribution in [2.24, 2.45) is 0 Å². The first-order valence-electron chi connectivity index (χ1n) is 6.39. The maximum Gasteiger partial charge on any atom is 0.131 e. The Bertz CT molecular complexity index is 391. The number of nitrogens with one attached hydrogen (secondary N) is 1. The molecule has 2 atom stereocenters. The number of hydrogen-bond donors (Lipinski definition) is 1. The fraction of sp³-hybridized carbons (Fsp3) is 0.571. The van der Waals surface area contributed by atoms with Crippen molar-refractivity contribution in [1.29, 1.82) is 0 Å². The zero-order valence-corrected chi connectivity index (χ0v) is 10.9. The van der Waals surface area contributed by atoms with Crippen molar-refractivity contribution in [2.75, 3.05) is 20.3 Å². The zero-order chi connectivity index (χ0) is 13.0. The van der Waals surface area contributed by atoms with Crippen LogP contribution in [0.2, 0.25) is 0 Å². The summed E-state index contributed by atoms with van der Waals surface area (Å²) in [7, 11) is 1.56. The van der Waals surface area contributed by atoms with Gasteiger partial charge in [0.05, 0.1) is 13.2 Å². The number of hydrogen-bond acceptors (Lipinski definition) is 3. The maximum atomic E-state index is 13.8. The van der Waals surface area contributed by atoms with Crippen molar-refractivity contribution in [3.63, 3.8) is 0 Å². The lowest BCUT2D eigenvalue weighted by atomic mass is 10.1. The first kappa shape index (κ1) is 13.3. The molecule has 1 fully saturated rings. The van der Waals surface area contributed by atoms with Crippen LogP contribution >= 0.6 is 0 Å². The van der Waals surface area contributed by atoms with Crippen LogP contribution < -0.4 is 10.1 Å². The fourth-order valence-electron chi connectivity index (χ4n) is 2.33. The van der Waals surface area contributed by atoms with E-state index < -0.39 is 0 Å². The third kappa shape index (κ3) is 3.00. The summed E-state index contributed by atoms with van der Waals surface area (Å²) in [4.78, 5) is 0. The first-order chi connectivity index (χ1) is 8.72. The molecular formula is C14H20FNO2. The van der Waals surface area contributed by atoms with E-state index in [2.05, 4.69) is 5.32 Å². The highest BCUT2D eigenvalue weighted by Crippen LogP contribution is 2.27. The summed E-state index contributed by atoms with van der Waals surface area (Å²) in [6.45, 7) is 3.53. The Hall–Kier alpha value is -1.13. The molecule has 2 unspecified atom stereocenters. The summed E-state index contributed by atoms with van der Waals surface area (Å²) in [6.07, 6.45) is 2.45. The predicted molar refractivity (Wildman–Crippen MR) is 68.3 cm³/mol. The standard InChI is InChI=1S/C14H20FNO2/c1-10(16-9-11-5-4-8-18-11)14-12(15)6-3-7-13(14)17-2/h3,6-7,10-11,16H,4-5,8-9H2,1-2H3. The molecular weight excluding hydrogens is 233 g/mol. The normalized spacial score (nSPS) is 20.9. The molecule has 100 valence electrons. The molecule has 2 rings (SSSR count). The first-order valence-corrected chi connectivity index (χ1v) is 6.39. The molecule has 0 radical (unpaired) electrons. The van der Waals surface area contributed by atoms with Gasteiger partial charge in [0, 0.05) is 24.8 Å². The lowest BCUT2D eigenvalue weighted by Crippen LogP contribution is -2.29. The third-order valence-corrected chi connectivity index (χ3v) is 3.34. The lowest BCUT2D eigenvalue weighted by molar-refractivity contribution is 0.108. The second-order valence-electron chi connectivity index (χ2n) is 4.62. The highest BCUT2D eigenvalue weighted by atomic mass is 19.1. The highest BCUT2D eigenvalue weighted by Gasteiger charge is 2.19. The summed E-state index contributed by atoms with van der Waals surface area (Å²) in [5, 5.41) is 3.31. The lowest BCUT2D eigenvalue weighted by Gasteiger charge is -2.19. The fourth-order valence-corrected chi connectivity index (χ4v) is 2.33. The van der Waals surface area contributed by atoms with Crippen LogP contribution in [0.25, 0.3) is 0 Å². The molecule has 1 aliphatic heterocycles. The van der Waals surface area contributed by atoms with E-state index in [0.29, 0.717) is 11.3 Å². The second kappa shape index (κ2) is 6.16. The topological polar surface area (TPSA) is 30.5 Å². The van der Waals surface area contributed by atoms with E-state index in [1.807, 2.05) is 6.92 Å². The summed E-state index contributed by atoms with van der Waals surface area (Å²) in [6, 6.07) is 4.81. The Labute approximate surface area is 107 Å². The summed E-state index contributed by atoms with van der Waals surface area (Å²) in [5.41, 5.74) is 0.581. The molecule has 0 saturated carbocycles. The van der Waals surface area contributed by atoms with Crippen molar-refractivity contribution in [1.82, 2.24) is 5.32 Å². The average Bonchev–Trinajstić information content (AvgIpc) is 2.88. The van der Waals surface area contributed by atoms with Crippen molar-refractivity contribution in [3.05, 3.63) is 29.6 Å². The number of methoxy groups -OCH3 is 1. The number of halogens is 1. The maximum absolute atomic E-state index is 13.8. The quantitative estimate of drug-likeness (QED) is 0.875. The van der Waals surface area contributed by atoms with Crippen molar-refractivity contribution >= 4 is 0 Å². The minimum absolute atomic E-state index is 0.0923. The zero-order valence-electron chi connectivity index (χ0n) is 10.9. The van der Waals surface area contributed by atoms with Gasteiger partial charge in [-0.15, -0.1) is 0 Å². The van der Waals surface area contributed by atoms with Crippen LogP contribution in [0.1, 0.15) is 31.4 Å². The van der Waals surface area contributed by atoms with E-state index in [9.17, 15) is 4.39 Å². The van der Waals surface area contributed by atoms with E-state index in [1.165, 1.54) is 6.07 Å². The summed E-state index contributed by atoms with van der Waals surface area (Å²) in [5.74, 6) is 0.351. The molecule has 0 aliphatic carbocycles. The molecule has 0 amide bonds. The Morgan fingerprint density at radius 3 is 3.06 bits per heavy atom. The smallest absolute Gasteiger partial charge is 0.131 e. The van der Waals surface area contributed by atoms with Gasteiger partial charge in [-0.3, -0.25) is 0 Å². The molecule has 1 aromatic carbocycles. The largest absolute Gasteiger partial charge is 0.496 e. The average molecular weight is 253 g/mol. The Morgan fingerprint density at radius 2 is 2.39 bits per heavy atom. The van der Waals surface area contributed by atoms with Crippen molar-refractivity contribution in [3.8, 4) is 5.75 Å². The van der Waals surface area contributed by atoms with E-state index in [0.717, 1.165) is 26.0 Å². The molecule has 1 aliphatic rings. The Kier molecular flexibility index (Phi) is 4.55. The van der Waals surface area contributed by atoms with Gasteiger partial charge in [0.1, 0.15) is 11.6 Å². The van der Waals surface area contributed by atoms with Crippen LogP contribution in [0.4, 0.5) is 4.39 Å². The molecule has 0 bridgehead atoms.